The molecule has 1 aromatic rings. The lowest BCUT2D eigenvalue weighted by Gasteiger charge is -2.38. The van der Waals surface area contributed by atoms with Crippen LogP contribution in [0.15, 0.2) is 30.3 Å². The third kappa shape index (κ3) is 6.29. The van der Waals surface area contributed by atoms with Crippen LogP contribution in [0.3, 0.4) is 0 Å². The molecular weight excluding hydrogens is 382 g/mol. The molecule has 3 N–H and O–H groups in total. The fourth-order valence-electron chi connectivity index (χ4n) is 4.65. The zero-order valence-corrected chi connectivity index (χ0v) is 18.4. The number of amides is 2. The molecule has 0 radical (unpaired) electrons. The van der Waals surface area contributed by atoms with E-state index in [0.717, 1.165) is 24.8 Å². The van der Waals surface area contributed by atoms with E-state index in [4.69, 9.17) is 0 Å². The van der Waals surface area contributed by atoms with Crippen LogP contribution in [0.1, 0.15) is 58.9 Å². The van der Waals surface area contributed by atoms with Crippen molar-refractivity contribution in [3.05, 3.63) is 35.9 Å². The lowest BCUT2D eigenvalue weighted by molar-refractivity contribution is -0.143. The van der Waals surface area contributed by atoms with Crippen molar-refractivity contribution < 1.29 is 19.5 Å². The Hall–Kier alpha value is -2.41. The summed E-state index contributed by atoms with van der Waals surface area (Å²) < 4.78 is 0. The lowest BCUT2D eigenvalue weighted by atomic mass is 9.88. The molecule has 0 saturated carbocycles. The standard InChI is InChI=1S/C23H35N3O4/c1-5-17(6-2)12-19(24-15(3)27)22-20(25-16(4)28)13-21(23(29)30)26(22)14-18-10-8-7-9-11-18/h7-11,17,19-22H,5-6,12-14H2,1-4H3,(H,24,27)(H,25,28)(H,29,30)/t19-,20+,21+,22-/m0/s1. The van der Waals surface area contributed by atoms with Gasteiger partial charge in [-0.2, -0.15) is 0 Å². The Bertz CT molecular complexity index is 720. The average molecular weight is 418 g/mol. The van der Waals surface area contributed by atoms with Crippen LogP contribution in [-0.4, -0.2) is 52.0 Å². The second-order valence-corrected chi connectivity index (χ2v) is 8.27. The summed E-state index contributed by atoms with van der Waals surface area (Å²) in [5.41, 5.74) is 1.00. The Labute approximate surface area is 179 Å². The Morgan fingerprint density at radius 2 is 1.73 bits per heavy atom. The molecule has 2 rings (SSSR count). The van der Waals surface area contributed by atoms with Crippen LogP contribution >= 0.6 is 0 Å². The maximum atomic E-state index is 12.1. The summed E-state index contributed by atoms with van der Waals surface area (Å²) in [6.07, 6.45) is 3.01. The van der Waals surface area contributed by atoms with Gasteiger partial charge in [0.05, 0.1) is 6.04 Å². The van der Waals surface area contributed by atoms with Gasteiger partial charge in [-0.15, -0.1) is 0 Å². The number of hydrogen-bond donors (Lipinski definition) is 3. The second-order valence-electron chi connectivity index (χ2n) is 8.27. The highest BCUT2D eigenvalue weighted by atomic mass is 16.4. The van der Waals surface area contributed by atoms with Gasteiger partial charge in [-0.1, -0.05) is 57.0 Å². The van der Waals surface area contributed by atoms with Gasteiger partial charge in [0, 0.05) is 32.5 Å². The summed E-state index contributed by atoms with van der Waals surface area (Å²) in [7, 11) is 0. The van der Waals surface area contributed by atoms with Crippen LogP contribution in [-0.2, 0) is 20.9 Å². The maximum Gasteiger partial charge on any atom is 0.321 e. The van der Waals surface area contributed by atoms with Gasteiger partial charge in [0.1, 0.15) is 6.04 Å². The molecule has 30 heavy (non-hydrogen) atoms. The fourth-order valence-corrected chi connectivity index (χ4v) is 4.65. The lowest BCUT2D eigenvalue weighted by Crippen LogP contribution is -2.57. The quantitative estimate of drug-likeness (QED) is 0.543. The van der Waals surface area contributed by atoms with Crippen molar-refractivity contribution in [2.24, 2.45) is 5.92 Å². The molecule has 0 aromatic heterocycles. The van der Waals surface area contributed by atoms with Crippen LogP contribution in [0, 0.1) is 5.92 Å². The number of aliphatic carboxylic acids is 1. The number of carbonyl (C=O) groups excluding carboxylic acids is 2. The van der Waals surface area contributed by atoms with E-state index in [0.29, 0.717) is 18.9 Å². The third-order valence-corrected chi connectivity index (χ3v) is 6.10. The highest BCUT2D eigenvalue weighted by Crippen LogP contribution is 2.32. The van der Waals surface area contributed by atoms with Crippen molar-refractivity contribution in [3.63, 3.8) is 0 Å². The summed E-state index contributed by atoms with van der Waals surface area (Å²) in [6, 6.07) is 8.08. The van der Waals surface area contributed by atoms with E-state index < -0.39 is 12.0 Å². The van der Waals surface area contributed by atoms with Crippen LogP contribution in [0.5, 0.6) is 0 Å². The van der Waals surface area contributed by atoms with Crippen molar-refractivity contribution in [1.82, 2.24) is 15.5 Å². The first kappa shape index (κ1) is 23.9. The Morgan fingerprint density at radius 1 is 1.10 bits per heavy atom. The first-order valence-electron chi connectivity index (χ1n) is 10.8. The highest BCUT2D eigenvalue weighted by Gasteiger charge is 2.48. The summed E-state index contributed by atoms with van der Waals surface area (Å²) in [4.78, 5) is 38.0. The minimum atomic E-state index is -0.909. The SMILES string of the molecule is CCC(CC)C[C@H](NC(C)=O)[C@H]1[C@H](NC(C)=O)C[C@H](C(=O)O)N1Cc1ccccc1. The van der Waals surface area contributed by atoms with E-state index in [1.165, 1.54) is 13.8 Å². The fraction of sp³-hybridized carbons (Fsp3) is 0.609. The normalized spacial score (nSPS) is 22.6. The topological polar surface area (TPSA) is 98.7 Å². The first-order valence-corrected chi connectivity index (χ1v) is 10.8. The van der Waals surface area contributed by atoms with Crippen LogP contribution < -0.4 is 10.6 Å². The first-order chi connectivity index (χ1) is 14.3. The molecule has 1 aliphatic rings. The van der Waals surface area contributed by atoms with Gasteiger partial charge in [0.15, 0.2) is 0 Å². The van der Waals surface area contributed by atoms with E-state index in [1.54, 1.807) is 0 Å². The average Bonchev–Trinajstić information content (AvgIpc) is 3.03. The van der Waals surface area contributed by atoms with E-state index >= 15 is 0 Å². The number of likely N-dealkylation sites (tertiary alicyclic amines) is 1. The minimum Gasteiger partial charge on any atom is -0.480 e. The number of nitrogens with zero attached hydrogens (tertiary/aromatic N) is 1. The molecule has 0 bridgehead atoms. The van der Waals surface area contributed by atoms with Gasteiger partial charge in [-0.25, -0.2) is 0 Å². The molecule has 0 aliphatic carbocycles. The predicted molar refractivity (Wildman–Crippen MR) is 116 cm³/mol. The van der Waals surface area contributed by atoms with Gasteiger partial charge in [-0.05, 0) is 24.3 Å². The molecule has 7 heteroatoms. The number of nitrogens with one attached hydrogen (secondary N) is 2. The van der Waals surface area contributed by atoms with E-state index in [9.17, 15) is 19.5 Å². The molecule has 1 fully saturated rings. The number of hydrogen-bond acceptors (Lipinski definition) is 4. The van der Waals surface area contributed by atoms with Gasteiger partial charge in [0.2, 0.25) is 11.8 Å². The minimum absolute atomic E-state index is 0.147. The number of carboxylic acids is 1. The molecule has 1 heterocycles. The van der Waals surface area contributed by atoms with Crippen LogP contribution in [0.25, 0.3) is 0 Å². The van der Waals surface area contributed by atoms with Crippen molar-refractivity contribution in [2.75, 3.05) is 0 Å². The smallest absolute Gasteiger partial charge is 0.321 e. The number of rotatable bonds is 10. The van der Waals surface area contributed by atoms with E-state index in [2.05, 4.69) is 24.5 Å². The molecule has 0 unspecified atom stereocenters. The van der Waals surface area contributed by atoms with Gasteiger partial charge >= 0.3 is 5.97 Å². The zero-order chi connectivity index (χ0) is 22.3. The van der Waals surface area contributed by atoms with Crippen molar-refractivity contribution in [3.8, 4) is 0 Å². The Balaban J connectivity index is 2.45. The van der Waals surface area contributed by atoms with E-state index in [1.807, 2.05) is 35.2 Å². The van der Waals surface area contributed by atoms with E-state index in [-0.39, 0.29) is 29.9 Å². The Morgan fingerprint density at radius 3 is 2.23 bits per heavy atom. The molecule has 4 atom stereocenters. The van der Waals surface area contributed by atoms with Crippen molar-refractivity contribution >= 4 is 17.8 Å². The molecule has 1 aliphatic heterocycles. The van der Waals surface area contributed by atoms with Crippen molar-refractivity contribution in [2.45, 2.75) is 84.1 Å². The summed E-state index contributed by atoms with van der Waals surface area (Å²) in [5, 5.41) is 16.0. The largest absolute Gasteiger partial charge is 0.480 e. The molecular formula is C23H35N3O4. The number of benzene rings is 1. The van der Waals surface area contributed by atoms with Crippen molar-refractivity contribution in [1.29, 1.82) is 0 Å². The van der Waals surface area contributed by atoms with Gasteiger partial charge < -0.3 is 15.7 Å². The molecule has 2 amide bonds. The zero-order valence-electron chi connectivity index (χ0n) is 18.4. The summed E-state index contributed by atoms with van der Waals surface area (Å²) in [6.45, 7) is 7.62. The predicted octanol–water partition coefficient (Wildman–Crippen LogP) is 2.55. The monoisotopic (exact) mass is 417 g/mol. The van der Waals surface area contributed by atoms with Gasteiger partial charge in [-0.3, -0.25) is 19.3 Å². The maximum absolute atomic E-state index is 12.1. The highest BCUT2D eigenvalue weighted by molar-refractivity contribution is 5.76. The summed E-state index contributed by atoms with van der Waals surface area (Å²) >= 11 is 0. The molecule has 7 nitrogen and oxygen atoms in total. The molecule has 0 spiro atoms. The molecule has 1 saturated heterocycles. The second kappa shape index (κ2) is 11.1. The Kier molecular flexibility index (Phi) is 8.84. The summed E-state index contributed by atoms with van der Waals surface area (Å²) in [5.74, 6) is -0.846. The number of carboxylic acid groups (broad SMARTS) is 1. The van der Waals surface area contributed by atoms with Crippen LogP contribution in [0.4, 0.5) is 0 Å². The van der Waals surface area contributed by atoms with Gasteiger partial charge in [0.25, 0.3) is 0 Å². The molecule has 1 aromatic carbocycles. The molecule has 166 valence electrons. The number of carbonyl (C=O) groups is 3. The third-order valence-electron chi connectivity index (χ3n) is 6.10. The van der Waals surface area contributed by atoms with Crippen LogP contribution in [0.2, 0.25) is 0 Å².